The van der Waals surface area contributed by atoms with Gasteiger partial charge in [0.1, 0.15) is 0 Å². The maximum Gasteiger partial charge on any atom is 0.0652 e. The van der Waals surface area contributed by atoms with Crippen LogP contribution in [0.15, 0.2) is 94.0 Å². The molecule has 0 spiro atoms. The van der Waals surface area contributed by atoms with E-state index in [2.05, 4.69) is 84.9 Å². The van der Waals surface area contributed by atoms with Gasteiger partial charge in [-0.25, -0.2) is 0 Å². The van der Waals surface area contributed by atoms with Crippen LogP contribution >= 0.6 is 23.1 Å². The molecule has 0 unspecified atom stereocenters. The second-order valence-corrected chi connectivity index (χ2v) is 7.52. The second-order valence-electron chi connectivity index (χ2n) is 5.06. The van der Waals surface area contributed by atoms with Crippen molar-refractivity contribution in [3.05, 3.63) is 84.9 Å². The quantitative estimate of drug-likeness (QED) is 0.404. The molecular formula is C20H14S2. The molecular weight excluding hydrogens is 304 g/mol. The molecule has 0 aliphatic heterocycles. The molecule has 0 saturated carbocycles. The second kappa shape index (κ2) is 5.99. The molecule has 3 aromatic carbocycles. The summed E-state index contributed by atoms with van der Waals surface area (Å²) in [5.74, 6) is 0. The van der Waals surface area contributed by atoms with Crippen LogP contribution < -0.4 is 0 Å². The van der Waals surface area contributed by atoms with E-state index in [0.717, 1.165) is 0 Å². The van der Waals surface area contributed by atoms with Gasteiger partial charge in [-0.05, 0) is 40.6 Å². The summed E-state index contributed by atoms with van der Waals surface area (Å²) in [7, 11) is 0. The first-order valence-corrected chi connectivity index (χ1v) is 8.84. The van der Waals surface area contributed by atoms with Gasteiger partial charge in [0.2, 0.25) is 0 Å². The first kappa shape index (κ1) is 13.6. The third-order valence-corrected chi connectivity index (χ3v) is 5.86. The van der Waals surface area contributed by atoms with Crippen LogP contribution in [-0.2, 0) is 0 Å². The van der Waals surface area contributed by atoms with Crippen LogP contribution in [-0.4, -0.2) is 0 Å². The Morgan fingerprint density at radius 3 is 2.32 bits per heavy atom. The zero-order chi connectivity index (χ0) is 14.8. The first-order valence-electron chi connectivity index (χ1n) is 7.21. The van der Waals surface area contributed by atoms with Gasteiger partial charge in [0.05, 0.1) is 4.21 Å². The number of hydrogen-bond acceptors (Lipinski definition) is 2. The molecule has 0 N–H and O–H groups in total. The fourth-order valence-corrected chi connectivity index (χ4v) is 4.73. The van der Waals surface area contributed by atoms with E-state index < -0.39 is 0 Å². The number of rotatable bonds is 3. The first-order chi connectivity index (χ1) is 10.9. The third kappa shape index (κ3) is 2.68. The minimum Gasteiger partial charge on any atom is -0.128 e. The molecule has 0 fully saturated rings. The van der Waals surface area contributed by atoms with E-state index in [-0.39, 0.29) is 0 Å². The average molecular weight is 318 g/mol. The highest BCUT2D eigenvalue weighted by atomic mass is 32.2. The van der Waals surface area contributed by atoms with Crippen LogP contribution in [0.5, 0.6) is 0 Å². The highest BCUT2D eigenvalue weighted by Gasteiger charge is 2.07. The molecule has 0 bridgehead atoms. The molecule has 1 heterocycles. The highest BCUT2D eigenvalue weighted by Crippen LogP contribution is 2.39. The molecule has 0 amide bonds. The Bertz CT molecular complexity index is 902. The lowest BCUT2D eigenvalue weighted by molar-refractivity contribution is 1.46. The molecule has 0 aliphatic carbocycles. The Morgan fingerprint density at radius 2 is 1.41 bits per heavy atom. The Kier molecular flexibility index (Phi) is 3.71. The average Bonchev–Trinajstić information content (AvgIpc) is 3.03. The van der Waals surface area contributed by atoms with Gasteiger partial charge in [-0.15, -0.1) is 11.3 Å². The van der Waals surface area contributed by atoms with Gasteiger partial charge in [-0.2, -0.15) is 0 Å². The molecule has 106 valence electrons. The largest absolute Gasteiger partial charge is 0.128 e. The van der Waals surface area contributed by atoms with Crippen LogP contribution in [0.25, 0.3) is 21.2 Å². The summed E-state index contributed by atoms with van der Waals surface area (Å²) in [5, 5.41) is 2.62. The summed E-state index contributed by atoms with van der Waals surface area (Å²) < 4.78 is 1.33. The Morgan fingerprint density at radius 1 is 0.636 bits per heavy atom. The van der Waals surface area contributed by atoms with Crippen molar-refractivity contribution in [2.45, 2.75) is 9.10 Å². The fourth-order valence-electron chi connectivity index (χ4n) is 2.56. The van der Waals surface area contributed by atoms with Crippen molar-refractivity contribution in [2.75, 3.05) is 0 Å². The SMILES string of the molecule is c1ccc(Sc2ccc(-c3cccc4ccccc34)s2)cc1. The van der Waals surface area contributed by atoms with E-state index >= 15 is 0 Å². The molecule has 2 heteroatoms. The van der Waals surface area contributed by atoms with Crippen LogP contribution in [0.1, 0.15) is 0 Å². The summed E-state index contributed by atoms with van der Waals surface area (Å²) in [6.07, 6.45) is 0. The van der Waals surface area contributed by atoms with E-state index in [0.29, 0.717) is 0 Å². The van der Waals surface area contributed by atoms with Crippen LogP contribution in [0.2, 0.25) is 0 Å². The van der Waals surface area contributed by atoms with Crippen molar-refractivity contribution >= 4 is 33.9 Å². The van der Waals surface area contributed by atoms with Crippen LogP contribution in [0, 0.1) is 0 Å². The van der Waals surface area contributed by atoms with Gasteiger partial charge < -0.3 is 0 Å². The summed E-state index contributed by atoms with van der Waals surface area (Å²) in [6.45, 7) is 0. The number of thiophene rings is 1. The summed E-state index contributed by atoms with van der Waals surface area (Å²) in [5.41, 5.74) is 1.32. The predicted molar refractivity (Wildman–Crippen MR) is 97.8 cm³/mol. The molecule has 4 rings (SSSR count). The summed E-state index contributed by atoms with van der Waals surface area (Å²) in [6, 6.07) is 30.1. The minimum absolute atomic E-state index is 1.29. The lowest BCUT2D eigenvalue weighted by Gasteiger charge is -2.04. The maximum atomic E-state index is 2.23. The molecule has 1 aromatic heterocycles. The Labute approximate surface area is 138 Å². The van der Waals surface area contributed by atoms with Crippen molar-refractivity contribution < 1.29 is 0 Å². The zero-order valence-corrected chi connectivity index (χ0v) is 13.5. The number of benzene rings is 3. The highest BCUT2D eigenvalue weighted by molar-refractivity contribution is 8.01. The summed E-state index contributed by atoms with van der Waals surface area (Å²) in [4.78, 5) is 2.61. The van der Waals surface area contributed by atoms with Crippen molar-refractivity contribution in [3.63, 3.8) is 0 Å². The van der Waals surface area contributed by atoms with Gasteiger partial charge in [0.15, 0.2) is 0 Å². The van der Waals surface area contributed by atoms with Gasteiger partial charge in [-0.1, -0.05) is 72.4 Å². The van der Waals surface area contributed by atoms with Crippen molar-refractivity contribution in [1.82, 2.24) is 0 Å². The lowest BCUT2D eigenvalue weighted by Crippen LogP contribution is -1.76. The molecule has 0 radical (unpaired) electrons. The topological polar surface area (TPSA) is 0 Å². The van der Waals surface area contributed by atoms with E-state index in [1.807, 2.05) is 23.1 Å². The molecule has 4 aromatic rings. The van der Waals surface area contributed by atoms with E-state index in [1.54, 1.807) is 0 Å². The maximum absolute atomic E-state index is 2.23. The molecule has 0 nitrogen and oxygen atoms in total. The van der Waals surface area contributed by atoms with Gasteiger partial charge in [0.25, 0.3) is 0 Å². The number of fused-ring (bicyclic) bond motifs is 1. The Hall–Kier alpha value is -2.03. The molecule has 0 aliphatic rings. The zero-order valence-electron chi connectivity index (χ0n) is 11.9. The lowest BCUT2D eigenvalue weighted by atomic mass is 10.0. The smallest absolute Gasteiger partial charge is 0.0652 e. The van der Waals surface area contributed by atoms with Crippen molar-refractivity contribution in [2.24, 2.45) is 0 Å². The van der Waals surface area contributed by atoms with Gasteiger partial charge in [0, 0.05) is 9.77 Å². The standard InChI is InChI=1S/C20H14S2/c1-2-9-16(10-3-1)21-20-14-13-19(22-20)18-12-6-8-15-7-4-5-11-17(15)18/h1-14H. The van der Waals surface area contributed by atoms with E-state index in [4.69, 9.17) is 0 Å². The monoisotopic (exact) mass is 318 g/mol. The van der Waals surface area contributed by atoms with E-state index in [9.17, 15) is 0 Å². The van der Waals surface area contributed by atoms with Crippen LogP contribution in [0.4, 0.5) is 0 Å². The molecule has 0 saturated heterocycles. The van der Waals surface area contributed by atoms with Crippen molar-refractivity contribution in [3.8, 4) is 10.4 Å². The summed E-state index contributed by atoms with van der Waals surface area (Å²) >= 11 is 3.69. The Balaban J connectivity index is 1.71. The fraction of sp³-hybridized carbons (Fsp3) is 0. The normalized spacial score (nSPS) is 10.9. The van der Waals surface area contributed by atoms with Crippen molar-refractivity contribution in [1.29, 1.82) is 0 Å². The minimum atomic E-state index is 1.29. The van der Waals surface area contributed by atoms with Gasteiger partial charge >= 0.3 is 0 Å². The third-order valence-electron chi connectivity index (χ3n) is 3.60. The van der Waals surface area contributed by atoms with Crippen LogP contribution in [0.3, 0.4) is 0 Å². The van der Waals surface area contributed by atoms with Gasteiger partial charge in [-0.3, -0.25) is 0 Å². The predicted octanol–water partition coefficient (Wildman–Crippen LogP) is 6.72. The number of hydrogen-bond donors (Lipinski definition) is 0. The van der Waals surface area contributed by atoms with E-state index in [1.165, 1.54) is 30.3 Å². The molecule has 0 atom stereocenters. The molecule has 22 heavy (non-hydrogen) atoms.